The molecule has 76 valence electrons. The summed E-state index contributed by atoms with van der Waals surface area (Å²) < 4.78 is 5.57. The molecule has 0 aliphatic heterocycles. The van der Waals surface area contributed by atoms with Gasteiger partial charge >= 0.3 is 0 Å². The van der Waals surface area contributed by atoms with Gasteiger partial charge in [0.1, 0.15) is 11.8 Å². The van der Waals surface area contributed by atoms with Crippen LogP contribution in [-0.4, -0.2) is 5.60 Å². The summed E-state index contributed by atoms with van der Waals surface area (Å²) in [6.07, 6.45) is 5.32. The molecule has 0 heterocycles. The van der Waals surface area contributed by atoms with E-state index in [1.807, 2.05) is 13.0 Å². The van der Waals surface area contributed by atoms with Gasteiger partial charge in [-0.2, -0.15) is 5.26 Å². The maximum Gasteiger partial charge on any atom is 0.163 e. The lowest BCUT2D eigenvalue weighted by molar-refractivity contribution is 0.172. The van der Waals surface area contributed by atoms with E-state index in [1.54, 1.807) is 26.0 Å². The first-order chi connectivity index (χ1) is 6.98. The van der Waals surface area contributed by atoms with Gasteiger partial charge in [-0.25, -0.2) is 0 Å². The Bertz CT molecular complexity index is 447. The summed E-state index contributed by atoms with van der Waals surface area (Å²) >= 11 is 0. The normalized spacial score (nSPS) is 10.2. The van der Waals surface area contributed by atoms with E-state index >= 15 is 0 Å². The van der Waals surface area contributed by atoms with Crippen LogP contribution in [-0.2, 0) is 0 Å². The fraction of sp³-hybridized carbons (Fsp3) is 0.308. The van der Waals surface area contributed by atoms with Gasteiger partial charge in [0.15, 0.2) is 5.60 Å². The molecule has 1 aromatic carbocycles. The molecule has 0 aliphatic rings. The zero-order valence-corrected chi connectivity index (χ0v) is 9.16. The Hall–Kier alpha value is -1.93. The average Bonchev–Trinajstić information content (AvgIpc) is 2.20. The van der Waals surface area contributed by atoms with Gasteiger partial charge < -0.3 is 4.74 Å². The molecule has 1 rings (SSSR count). The van der Waals surface area contributed by atoms with Gasteiger partial charge in [0.25, 0.3) is 0 Å². The van der Waals surface area contributed by atoms with Crippen LogP contribution >= 0.6 is 0 Å². The molecule has 0 aromatic heterocycles. The Morgan fingerprint density at radius 2 is 2.07 bits per heavy atom. The van der Waals surface area contributed by atoms with Crippen LogP contribution in [0.15, 0.2) is 18.2 Å². The summed E-state index contributed by atoms with van der Waals surface area (Å²) in [5.74, 6) is 3.06. The molecule has 1 aromatic rings. The number of hydrogen-bond donors (Lipinski definition) is 0. The number of aryl methyl sites for hydroxylation is 1. The van der Waals surface area contributed by atoms with Crippen molar-refractivity contribution < 1.29 is 4.74 Å². The third-order valence-corrected chi connectivity index (χ3v) is 1.97. The fourth-order valence-electron chi connectivity index (χ4n) is 1.12. The van der Waals surface area contributed by atoms with Crippen molar-refractivity contribution in [2.45, 2.75) is 26.4 Å². The molecular formula is C13H13NO. The Balaban J connectivity index is 3.08. The number of hydrogen-bond acceptors (Lipinski definition) is 2. The van der Waals surface area contributed by atoms with Crippen LogP contribution in [0.1, 0.15) is 25.0 Å². The van der Waals surface area contributed by atoms with Gasteiger partial charge in [0, 0.05) is 0 Å². The monoisotopic (exact) mass is 199 g/mol. The first kappa shape index (κ1) is 11.1. The Labute approximate surface area is 90.5 Å². The predicted octanol–water partition coefficient (Wildman–Crippen LogP) is 2.66. The molecule has 0 bridgehead atoms. The zero-order chi connectivity index (χ0) is 11.5. The van der Waals surface area contributed by atoms with Crippen molar-refractivity contribution in [2.24, 2.45) is 0 Å². The summed E-state index contributed by atoms with van der Waals surface area (Å²) in [6.45, 7) is 5.50. The van der Waals surface area contributed by atoms with Crippen LogP contribution in [0.4, 0.5) is 0 Å². The van der Waals surface area contributed by atoms with Crippen LogP contribution in [0.5, 0.6) is 5.75 Å². The van der Waals surface area contributed by atoms with Gasteiger partial charge in [-0.1, -0.05) is 12.0 Å². The van der Waals surface area contributed by atoms with Crippen molar-refractivity contribution in [1.29, 1.82) is 5.26 Å². The molecule has 2 heteroatoms. The number of nitrogens with zero attached hydrogens (tertiary/aromatic N) is 1. The van der Waals surface area contributed by atoms with Gasteiger partial charge in [-0.05, 0) is 38.5 Å². The highest BCUT2D eigenvalue weighted by Gasteiger charge is 2.17. The van der Waals surface area contributed by atoms with Gasteiger partial charge in [0.05, 0.1) is 5.56 Å². The first-order valence-electron chi connectivity index (χ1n) is 4.66. The fourth-order valence-corrected chi connectivity index (χ4v) is 1.12. The minimum atomic E-state index is -0.694. The number of terminal acetylenes is 1. The second-order valence-corrected chi connectivity index (χ2v) is 3.87. The quantitative estimate of drug-likeness (QED) is 0.686. The van der Waals surface area contributed by atoms with Gasteiger partial charge in [-0.15, -0.1) is 6.42 Å². The van der Waals surface area contributed by atoms with Crippen LogP contribution < -0.4 is 4.74 Å². The Morgan fingerprint density at radius 3 is 2.60 bits per heavy atom. The van der Waals surface area contributed by atoms with Crippen molar-refractivity contribution in [3.05, 3.63) is 29.3 Å². The highest BCUT2D eigenvalue weighted by Crippen LogP contribution is 2.23. The molecule has 15 heavy (non-hydrogen) atoms. The van der Waals surface area contributed by atoms with Gasteiger partial charge in [-0.3, -0.25) is 0 Å². The minimum absolute atomic E-state index is 0.512. The second-order valence-electron chi connectivity index (χ2n) is 3.87. The van der Waals surface area contributed by atoms with Crippen molar-refractivity contribution >= 4 is 0 Å². The Kier molecular flexibility index (Phi) is 3.02. The van der Waals surface area contributed by atoms with Crippen molar-refractivity contribution in [2.75, 3.05) is 0 Å². The molecule has 0 unspecified atom stereocenters. The molecule has 0 atom stereocenters. The highest BCUT2D eigenvalue weighted by atomic mass is 16.5. The second kappa shape index (κ2) is 4.07. The number of benzene rings is 1. The van der Waals surface area contributed by atoms with E-state index in [-0.39, 0.29) is 0 Å². The summed E-state index contributed by atoms with van der Waals surface area (Å²) in [6, 6.07) is 7.53. The molecule has 0 amide bonds. The van der Waals surface area contributed by atoms with E-state index in [1.165, 1.54) is 0 Å². The predicted molar refractivity (Wildman–Crippen MR) is 59.4 cm³/mol. The molecule has 0 saturated carbocycles. The number of rotatable bonds is 2. The van der Waals surface area contributed by atoms with E-state index < -0.39 is 5.60 Å². The SMILES string of the molecule is C#CC(C)(C)Oc1ccc(C)cc1C#N. The van der Waals surface area contributed by atoms with E-state index in [9.17, 15) is 0 Å². The topological polar surface area (TPSA) is 33.0 Å². The van der Waals surface area contributed by atoms with Gasteiger partial charge in [0.2, 0.25) is 0 Å². The molecule has 0 spiro atoms. The third kappa shape index (κ3) is 2.76. The lowest BCUT2D eigenvalue weighted by Crippen LogP contribution is -2.25. The molecule has 0 fully saturated rings. The van der Waals surface area contributed by atoms with Crippen molar-refractivity contribution in [1.82, 2.24) is 0 Å². The summed E-state index contributed by atoms with van der Waals surface area (Å²) in [5.41, 5.74) is 0.844. The molecule has 0 saturated heterocycles. The van der Waals surface area contributed by atoms with Crippen molar-refractivity contribution in [3.63, 3.8) is 0 Å². The minimum Gasteiger partial charge on any atom is -0.474 e. The largest absolute Gasteiger partial charge is 0.474 e. The number of ether oxygens (including phenoxy) is 1. The van der Waals surface area contributed by atoms with E-state index in [0.29, 0.717) is 11.3 Å². The molecular weight excluding hydrogens is 186 g/mol. The van der Waals surface area contributed by atoms with Crippen LogP contribution in [0.3, 0.4) is 0 Å². The Morgan fingerprint density at radius 1 is 1.40 bits per heavy atom. The zero-order valence-electron chi connectivity index (χ0n) is 9.16. The summed E-state index contributed by atoms with van der Waals surface area (Å²) in [7, 11) is 0. The average molecular weight is 199 g/mol. The molecule has 0 radical (unpaired) electrons. The van der Waals surface area contributed by atoms with E-state index in [4.69, 9.17) is 16.4 Å². The molecule has 0 N–H and O–H groups in total. The summed E-state index contributed by atoms with van der Waals surface area (Å²) in [5, 5.41) is 8.93. The van der Waals surface area contributed by atoms with Crippen LogP contribution in [0.2, 0.25) is 0 Å². The van der Waals surface area contributed by atoms with Crippen LogP contribution in [0.25, 0.3) is 0 Å². The lowest BCUT2D eigenvalue weighted by Gasteiger charge is -2.20. The lowest BCUT2D eigenvalue weighted by atomic mass is 10.1. The number of nitriles is 1. The molecule has 2 nitrogen and oxygen atoms in total. The maximum absolute atomic E-state index is 8.93. The van der Waals surface area contributed by atoms with E-state index in [0.717, 1.165) is 5.56 Å². The highest BCUT2D eigenvalue weighted by molar-refractivity contribution is 5.45. The maximum atomic E-state index is 8.93. The van der Waals surface area contributed by atoms with Crippen molar-refractivity contribution in [3.8, 4) is 24.2 Å². The summed E-state index contributed by atoms with van der Waals surface area (Å²) in [4.78, 5) is 0. The third-order valence-electron chi connectivity index (χ3n) is 1.97. The van der Waals surface area contributed by atoms with Crippen LogP contribution in [0, 0.1) is 30.6 Å². The first-order valence-corrected chi connectivity index (χ1v) is 4.66. The standard InChI is InChI=1S/C13H13NO/c1-5-13(3,4)15-12-7-6-10(2)8-11(12)9-14/h1,6-8H,2-4H3. The molecule has 0 aliphatic carbocycles. The smallest absolute Gasteiger partial charge is 0.163 e. The van der Waals surface area contributed by atoms with E-state index in [2.05, 4.69) is 12.0 Å².